The number of carbonyl (C=O) groups is 2. The number of benzene rings is 2. The molecule has 70 heavy (non-hydrogen) atoms. The monoisotopic (exact) mass is 964 g/mol. The lowest BCUT2D eigenvalue weighted by molar-refractivity contribution is 0.0849. The summed E-state index contributed by atoms with van der Waals surface area (Å²) in [6.07, 6.45) is 11.4. The fraction of sp³-hybridized carbons (Fsp3) is 0.480. The van der Waals surface area contributed by atoms with Crippen LogP contribution in [0.15, 0.2) is 73.6 Å². The van der Waals surface area contributed by atoms with Crippen molar-refractivity contribution in [1.29, 1.82) is 0 Å². The first-order valence-electron chi connectivity index (χ1n) is 24.2. The van der Waals surface area contributed by atoms with E-state index in [9.17, 15) is 27.2 Å². The molecule has 16 nitrogen and oxygen atoms in total. The number of carbonyl (C=O) groups excluding carboxylic acids is 2. The average Bonchev–Trinajstić information content (AvgIpc) is 4.24. The van der Waals surface area contributed by atoms with Crippen LogP contribution in [-0.4, -0.2) is 140 Å². The molecule has 2 atom stereocenters. The summed E-state index contributed by atoms with van der Waals surface area (Å²) in [6, 6.07) is 11.6. The minimum atomic E-state index is -2.34. The molecule has 0 radical (unpaired) electrons. The maximum absolute atomic E-state index is 13.3. The number of hydrogen-bond acceptors (Lipinski definition) is 12. The van der Waals surface area contributed by atoms with Gasteiger partial charge in [-0.25, -0.2) is 36.6 Å². The van der Waals surface area contributed by atoms with E-state index in [4.69, 9.17) is 9.47 Å². The fourth-order valence-corrected chi connectivity index (χ4v) is 10.7. The summed E-state index contributed by atoms with van der Waals surface area (Å²) >= 11 is 0. The molecule has 2 aromatic carbocycles. The number of ether oxygens (including phenoxy) is 2. The second kappa shape index (κ2) is 18.3. The number of amides is 2. The van der Waals surface area contributed by atoms with Crippen molar-refractivity contribution in [3.05, 3.63) is 95.8 Å². The van der Waals surface area contributed by atoms with Gasteiger partial charge in [0.1, 0.15) is 33.8 Å². The fourth-order valence-electron chi connectivity index (χ4n) is 10.7. The minimum Gasteiger partial charge on any atom is -0.487 e. The highest BCUT2D eigenvalue weighted by Crippen LogP contribution is 2.52. The van der Waals surface area contributed by atoms with Crippen LogP contribution in [0.4, 0.5) is 40.3 Å². The van der Waals surface area contributed by atoms with E-state index in [2.05, 4.69) is 54.4 Å². The lowest BCUT2D eigenvalue weighted by Crippen LogP contribution is -2.48. The normalized spacial score (nSPS) is 22.5. The predicted molar refractivity (Wildman–Crippen MR) is 255 cm³/mol. The van der Waals surface area contributed by atoms with Gasteiger partial charge < -0.3 is 29.9 Å². The Morgan fingerprint density at radius 2 is 1.03 bits per heavy atom. The van der Waals surface area contributed by atoms with Crippen molar-refractivity contribution in [2.45, 2.75) is 76.4 Å². The first-order valence-corrected chi connectivity index (χ1v) is 24.2. The van der Waals surface area contributed by atoms with Crippen LogP contribution in [0.25, 0.3) is 11.3 Å². The van der Waals surface area contributed by atoms with Gasteiger partial charge in [0.05, 0.1) is 48.2 Å². The van der Waals surface area contributed by atoms with E-state index in [1.165, 1.54) is 38.1 Å². The van der Waals surface area contributed by atoms with Crippen molar-refractivity contribution in [3.63, 3.8) is 0 Å². The maximum atomic E-state index is 13.3. The Kier molecular flexibility index (Phi) is 12.0. The third kappa shape index (κ3) is 9.30. The highest BCUT2D eigenvalue weighted by atomic mass is 19.3. The van der Waals surface area contributed by atoms with Gasteiger partial charge in [-0.3, -0.25) is 19.4 Å². The van der Waals surface area contributed by atoms with E-state index < -0.39 is 12.9 Å². The second-order valence-corrected chi connectivity index (χ2v) is 19.8. The summed E-state index contributed by atoms with van der Waals surface area (Å²) in [5.74, 6) is 2.22. The summed E-state index contributed by atoms with van der Waals surface area (Å²) in [6.45, 7) is 8.39. The van der Waals surface area contributed by atoms with Crippen LogP contribution in [0.5, 0.6) is 11.5 Å². The summed E-state index contributed by atoms with van der Waals surface area (Å²) in [5, 5.41) is 14.6. The topological polar surface area (TPSA) is 150 Å². The van der Waals surface area contributed by atoms with Gasteiger partial charge in [0.25, 0.3) is 24.7 Å². The molecule has 12 rings (SSSR count). The molecule has 4 aromatic heterocycles. The minimum absolute atomic E-state index is 0.216. The third-order valence-electron chi connectivity index (χ3n) is 14.8. The van der Waals surface area contributed by atoms with Crippen molar-refractivity contribution in [1.82, 2.24) is 39.0 Å². The molecule has 0 spiro atoms. The largest absolute Gasteiger partial charge is 0.487 e. The number of nitrogens with one attached hydrogen (secondary N) is 2. The molecular weight excluding hydrogens is 909 g/mol. The Morgan fingerprint density at radius 1 is 0.629 bits per heavy atom. The number of halogens is 4. The summed E-state index contributed by atoms with van der Waals surface area (Å²) in [7, 11) is 0. The van der Waals surface area contributed by atoms with Crippen LogP contribution in [0.2, 0.25) is 0 Å². The molecule has 4 fully saturated rings. The van der Waals surface area contributed by atoms with E-state index in [1.807, 2.05) is 24.3 Å². The van der Waals surface area contributed by atoms with Crippen LogP contribution in [-0.2, 0) is 12.8 Å². The molecule has 8 heterocycles. The summed E-state index contributed by atoms with van der Waals surface area (Å²) in [4.78, 5) is 43.0. The van der Waals surface area contributed by atoms with E-state index >= 15 is 0 Å². The number of piperazine rings is 2. The van der Waals surface area contributed by atoms with Crippen LogP contribution in [0.1, 0.15) is 71.4 Å². The summed E-state index contributed by atoms with van der Waals surface area (Å²) in [5.41, 5.74) is 6.53. The van der Waals surface area contributed by atoms with Crippen molar-refractivity contribution in [2.24, 2.45) is 11.8 Å². The SMILES string of the molecule is C[C@@]1(C2CC2)Cc2cc(NC(=O)c3cnn4cccnc34)c(N3CCN(CC(F)F)CC3)cc2O1.C[C@]1(C2CC2)Cc2cc(NC(=O)c3cnn4cccnc34)c(N3CCN(CC(F)F)CC3)cc2O1. The Balaban J connectivity index is 0.000000152. The molecule has 6 aliphatic rings. The van der Waals surface area contributed by atoms with Gasteiger partial charge in [0, 0.05) is 113 Å². The molecule has 6 aromatic rings. The van der Waals surface area contributed by atoms with Gasteiger partial charge in [-0.05, 0) is 75.6 Å². The first kappa shape index (κ1) is 45.9. The zero-order chi connectivity index (χ0) is 48.3. The molecule has 2 N–H and O–H groups in total. The van der Waals surface area contributed by atoms with Gasteiger partial charge in [-0.1, -0.05) is 0 Å². The number of anilines is 4. The molecule has 2 aliphatic carbocycles. The third-order valence-corrected chi connectivity index (χ3v) is 14.8. The van der Waals surface area contributed by atoms with Crippen molar-refractivity contribution >= 4 is 45.9 Å². The number of fused-ring (bicyclic) bond motifs is 4. The van der Waals surface area contributed by atoms with Crippen molar-refractivity contribution < 1.29 is 36.6 Å². The number of rotatable bonds is 12. The van der Waals surface area contributed by atoms with E-state index in [0.717, 1.165) is 46.8 Å². The van der Waals surface area contributed by atoms with E-state index in [0.29, 0.717) is 98.0 Å². The lowest BCUT2D eigenvalue weighted by atomic mass is 9.94. The zero-order valence-electron chi connectivity index (χ0n) is 39.2. The predicted octanol–water partition coefficient (Wildman–Crippen LogP) is 6.94. The molecule has 4 aliphatic heterocycles. The molecule has 0 unspecified atom stereocenters. The van der Waals surface area contributed by atoms with Gasteiger partial charge in [0.2, 0.25) is 0 Å². The van der Waals surface area contributed by atoms with Gasteiger partial charge >= 0.3 is 0 Å². The lowest BCUT2D eigenvalue weighted by Gasteiger charge is -2.37. The molecule has 2 amide bonds. The molecule has 368 valence electrons. The molecule has 2 saturated heterocycles. The van der Waals surface area contributed by atoms with Gasteiger partial charge in [0.15, 0.2) is 11.3 Å². The summed E-state index contributed by atoms with van der Waals surface area (Å²) < 4.78 is 67.4. The Hall–Kier alpha value is -6.54. The highest BCUT2D eigenvalue weighted by Gasteiger charge is 2.49. The molecular formula is C50H56F4N12O4. The average molecular weight is 965 g/mol. The standard InChI is InChI=1S/2C25H28F2N6O2/c2*1-25(17-3-4-17)13-16-11-19(30-24(34)18-14-29-33-6-2-5-28-23(18)33)20(12-21(16)35-25)32-9-7-31(8-10-32)15-22(26)27/h2*2,5-6,11-12,14,17,22H,3-4,7-10,13,15H2,1H3,(H,30,34)/t2*25-/m10/s1. The van der Waals surface area contributed by atoms with Gasteiger partial charge in [-0.2, -0.15) is 10.2 Å². The zero-order valence-corrected chi connectivity index (χ0v) is 39.2. The van der Waals surface area contributed by atoms with Crippen LogP contribution >= 0.6 is 0 Å². The van der Waals surface area contributed by atoms with Crippen LogP contribution < -0.4 is 29.9 Å². The quantitative estimate of drug-likeness (QED) is 0.122. The smallest absolute Gasteiger partial charge is 0.261 e. The van der Waals surface area contributed by atoms with E-state index in [-0.39, 0.29) is 36.1 Å². The maximum Gasteiger partial charge on any atom is 0.261 e. The van der Waals surface area contributed by atoms with Crippen molar-refractivity contribution in [2.75, 3.05) is 85.9 Å². The van der Waals surface area contributed by atoms with Crippen molar-refractivity contribution in [3.8, 4) is 11.5 Å². The second-order valence-electron chi connectivity index (χ2n) is 19.8. The Morgan fingerprint density at radius 3 is 1.40 bits per heavy atom. The number of nitrogens with zero attached hydrogens (tertiary/aromatic N) is 10. The number of hydrogen-bond donors (Lipinski definition) is 2. The number of aromatic nitrogens is 6. The number of alkyl halides is 4. The van der Waals surface area contributed by atoms with Gasteiger partial charge in [-0.15, -0.1) is 0 Å². The molecule has 20 heteroatoms. The molecule has 0 bridgehead atoms. The molecule has 2 saturated carbocycles. The van der Waals surface area contributed by atoms with Crippen LogP contribution in [0, 0.1) is 11.8 Å². The van der Waals surface area contributed by atoms with E-state index in [1.54, 1.807) is 55.8 Å². The Bertz CT molecular complexity index is 2730. The first-order chi connectivity index (χ1) is 33.8. The highest BCUT2D eigenvalue weighted by molar-refractivity contribution is 6.10. The van der Waals surface area contributed by atoms with Crippen LogP contribution in [0.3, 0.4) is 0 Å². The Labute approximate surface area is 401 Å².